The molecule has 1 amide bonds. The monoisotopic (exact) mass is 365 g/mol. The molecule has 2 aromatic carbocycles. The van der Waals surface area contributed by atoms with Gasteiger partial charge in [-0.2, -0.15) is 0 Å². The number of nitro benzene ring substituents is 1. The largest absolute Gasteiger partial charge is 0.383 e. The van der Waals surface area contributed by atoms with E-state index in [4.69, 9.17) is 0 Å². The lowest BCUT2D eigenvalue weighted by Crippen LogP contribution is -2.31. The third-order valence-electron chi connectivity index (χ3n) is 4.95. The number of nitrogens with zero attached hydrogens (tertiary/aromatic N) is 3. The predicted molar refractivity (Wildman–Crippen MR) is 102 cm³/mol. The molecule has 1 saturated heterocycles. The number of hydrogen-bond donors (Lipinski definition) is 2. The Labute approximate surface area is 155 Å². The lowest BCUT2D eigenvalue weighted by atomic mass is 10.1. The summed E-state index contributed by atoms with van der Waals surface area (Å²) >= 11 is 0. The van der Waals surface area contributed by atoms with Gasteiger partial charge in [0.2, 0.25) is 0 Å². The molecule has 1 aliphatic heterocycles. The molecule has 0 radical (unpaired) electrons. The number of fused-ring (bicyclic) bond motifs is 1. The second-order valence-electron chi connectivity index (χ2n) is 6.53. The molecule has 0 bridgehead atoms. The fourth-order valence-electron chi connectivity index (χ4n) is 3.62. The summed E-state index contributed by atoms with van der Waals surface area (Å²) in [5.41, 5.74) is 2.37. The molecule has 3 aromatic rings. The van der Waals surface area contributed by atoms with Gasteiger partial charge in [-0.3, -0.25) is 14.9 Å². The number of H-pyrrole nitrogens is 1. The van der Waals surface area contributed by atoms with E-state index >= 15 is 0 Å². The van der Waals surface area contributed by atoms with E-state index in [2.05, 4.69) is 15.3 Å². The van der Waals surface area contributed by atoms with Crippen LogP contribution in [0.1, 0.15) is 35.1 Å². The van der Waals surface area contributed by atoms with Crippen molar-refractivity contribution < 1.29 is 9.72 Å². The maximum atomic E-state index is 13.1. The van der Waals surface area contributed by atoms with Crippen LogP contribution in [-0.2, 0) is 0 Å². The van der Waals surface area contributed by atoms with Crippen LogP contribution in [0.3, 0.4) is 0 Å². The van der Waals surface area contributed by atoms with Crippen LogP contribution in [0.2, 0.25) is 0 Å². The number of hydrogen-bond acceptors (Lipinski definition) is 5. The van der Waals surface area contributed by atoms with Crippen molar-refractivity contribution >= 4 is 28.3 Å². The number of aromatic amines is 1. The number of para-hydroxylation sites is 2. The topological polar surface area (TPSA) is 104 Å². The second kappa shape index (κ2) is 6.71. The van der Waals surface area contributed by atoms with Crippen molar-refractivity contribution in [2.45, 2.75) is 18.9 Å². The molecule has 0 spiro atoms. The van der Waals surface area contributed by atoms with Gasteiger partial charge in [0.05, 0.1) is 22.0 Å². The van der Waals surface area contributed by atoms with E-state index in [0.29, 0.717) is 17.8 Å². The molecular formula is C19H19N5O3. The van der Waals surface area contributed by atoms with Crippen molar-refractivity contribution in [2.75, 3.05) is 18.9 Å². The molecule has 2 heterocycles. The number of amides is 1. The Morgan fingerprint density at radius 2 is 2.15 bits per heavy atom. The Morgan fingerprint density at radius 3 is 2.89 bits per heavy atom. The first-order valence-corrected chi connectivity index (χ1v) is 8.80. The zero-order valence-corrected chi connectivity index (χ0v) is 14.8. The minimum absolute atomic E-state index is 0.108. The van der Waals surface area contributed by atoms with Crippen LogP contribution in [0.15, 0.2) is 42.5 Å². The third-order valence-corrected chi connectivity index (χ3v) is 4.95. The molecule has 138 valence electrons. The Kier molecular flexibility index (Phi) is 4.23. The summed E-state index contributed by atoms with van der Waals surface area (Å²) < 4.78 is 0. The summed E-state index contributed by atoms with van der Waals surface area (Å²) in [4.78, 5) is 33.5. The van der Waals surface area contributed by atoms with E-state index in [1.165, 1.54) is 6.07 Å². The van der Waals surface area contributed by atoms with Gasteiger partial charge in [0, 0.05) is 25.2 Å². The van der Waals surface area contributed by atoms with E-state index < -0.39 is 4.92 Å². The highest BCUT2D eigenvalue weighted by Crippen LogP contribution is 2.34. The Hall–Kier alpha value is -3.42. The van der Waals surface area contributed by atoms with Crippen LogP contribution in [0, 0.1) is 10.1 Å². The SMILES string of the molecule is CNc1ccc(C(=O)N2CCC[C@@H]2c2nc3ccccc3[nH]2)cc1[N+](=O)[O-]. The molecule has 1 aliphatic rings. The van der Waals surface area contributed by atoms with Crippen LogP contribution < -0.4 is 5.32 Å². The Bertz CT molecular complexity index is 996. The first kappa shape index (κ1) is 17.0. The summed E-state index contributed by atoms with van der Waals surface area (Å²) in [6.45, 7) is 0.599. The third kappa shape index (κ3) is 2.99. The average Bonchev–Trinajstić information content (AvgIpc) is 3.33. The number of anilines is 1. The van der Waals surface area contributed by atoms with Crippen molar-refractivity contribution in [3.63, 3.8) is 0 Å². The first-order chi connectivity index (χ1) is 13.1. The molecule has 1 atom stereocenters. The van der Waals surface area contributed by atoms with Crippen LogP contribution in [0.25, 0.3) is 11.0 Å². The quantitative estimate of drug-likeness (QED) is 0.544. The molecule has 8 nitrogen and oxygen atoms in total. The molecule has 2 N–H and O–H groups in total. The number of carbonyl (C=O) groups is 1. The van der Waals surface area contributed by atoms with Crippen molar-refractivity contribution in [1.82, 2.24) is 14.9 Å². The molecule has 1 aromatic heterocycles. The summed E-state index contributed by atoms with van der Waals surface area (Å²) in [7, 11) is 1.61. The minimum Gasteiger partial charge on any atom is -0.383 e. The van der Waals surface area contributed by atoms with Gasteiger partial charge < -0.3 is 15.2 Å². The lowest BCUT2D eigenvalue weighted by molar-refractivity contribution is -0.384. The van der Waals surface area contributed by atoms with Crippen molar-refractivity contribution in [3.05, 3.63) is 64.0 Å². The van der Waals surface area contributed by atoms with Gasteiger partial charge in [0.1, 0.15) is 11.5 Å². The molecule has 1 fully saturated rings. The molecule has 27 heavy (non-hydrogen) atoms. The number of rotatable bonds is 4. The average molecular weight is 365 g/mol. The number of imidazole rings is 1. The summed E-state index contributed by atoms with van der Waals surface area (Å²) in [6.07, 6.45) is 1.67. The number of aromatic nitrogens is 2. The summed E-state index contributed by atoms with van der Waals surface area (Å²) in [5.74, 6) is 0.534. The van der Waals surface area contributed by atoms with Gasteiger partial charge in [-0.1, -0.05) is 12.1 Å². The standard InChI is InChI=1S/C19H19N5O3/c1-20-15-9-8-12(11-17(15)24(26)27)19(25)23-10-4-7-16(23)18-21-13-5-2-3-6-14(13)22-18/h2-3,5-6,8-9,11,16,20H,4,7,10H2,1H3,(H,21,22)/t16-/m1/s1. The highest BCUT2D eigenvalue weighted by molar-refractivity contribution is 5.96. The fraction of sp³-hybridized carbons (Fsp3) is 0.263. The molecule has 0 saturated carbocycles. The van der Waals surface area contributed by atoms with E-state index in [1.54, 1.807) is 24.1 Å². The number of nitrogens with one attached hydrogen (secondary N) is 2. The van der Waals surface area contributed by atoms with Crippen LogP contribution in [-0.4, -0.2) is 39.3 Å². The molecule has 0 aliphatic carbocycles. The number of benzene rings is 2. The van der Waals surface area contributed by atoms with Crippen molar-refractivity contribution in [2.24, 2.45) is 0 Å². The van der Waals surface area contributed by atoms with E-state index in [0.717, 1.165) is 29.7 Å². The first-order valence-electron chi connectivity index (χ1n) is 8.80. The van der Waals surface area contributed by atoms with Crippen molar-refractivity contribution in [3.8, 4) is 0 Å². The highest BCUT2D eigenvalue weighted by Gasteiger charge is 2.33. The van der Waals surface area contributed by atoms with E-state index in [9.17, 15) is 14.9 Å². The fourth-order valence-corrected chi connectivity index (χ4v) is 3.62. The minimum atomic E-state index is -0.483. The maximum Gasteiger partial charge on any atom is 0.293 e. The van der Waals surface area contributed by atoms with Gasteiger partial charge in [0.15, 0.2) is 0 Å². The van der Waals surface area contributed by atoms with Gasteiger partial charge >= 0.3 is 0 Å². The number of nitro groups is 1. The smallest absolute Gasteiger partial charge is 0.293 e. The van der Waals surface area contributed by atoms with Crippen LogP contribution in [0.5, 0.6) is 0 Å². The maximum absolute atomic E-state index is 13.1. The predicted octanol–water partition coefficient (Wildman–Crippen LogP) is 3.49. The zero-order chi connectivity index (χ0) is 19.0. The molecular weight excluding hydrogens is 346 g/mol. The molecule has 8 heteroatoms. The Morgan fingerprint density at radius 1 is 1.33 bits per heavy atom. The highest BCUT2D eigenvalue weighted by atomic mass is 16.6. The normalized spacial score (nSPS) is 16.6. The van der Waals surface area contributed by atoms with Crippen molar-refractivity contribution in [1.29, 1.82) is 0 Å². The second-order valence-corrected chi connectivity index (χ2v) is 6.53. The lowest BCUT2D eigenvalue weighted by Gasteiger charge is -2.23. The van der Waals surface area contributed by atoms with E-state index in [-0.39, 0.29) is 17.6 Å². The molecule has 4 rings (SSSR count). The summed E-state index contributed by atoms with van der Waals surface area (Å²) in [6, 6.07) is 12.1. The van der Waals surface area contributed by atoms with Crippen LogP contribution in [0.4, 0.5) is 11.4 Å². The van der Waals surface area contributed by atoms with E-state index in [1.807, 2.05) is 24.3 Å². The van der Waals surface area contributed by atoms with Crippen LogP contribution >= 0.6 is 0 Å². The van der Waals surface area contributed by atoms with Gasteiger partial charge in [-0.05, 0) is 37.1 Å². The van der Waals surface area contributed by atoms with Gasteiger partial charge in [0.25, 0.3) is 11.6 Å². The molecule has 0 unspecified atom stereocenters. The number of carbonyl (C=O) groups excluding carboxylic acids is 1. The number of likely N-dealkylation sites (tertiary alicyclic amines) is 1. The zero-order valence-electron chi connectivity index (χ0n) is 14.8. The summed E-state index contributed by atoms with van der Waals surface area (Å²) in [5, 5.41) is 14.1. The Balaban J connectivity index is 1.66. The van der Waals surface area contributed by atoms with Gasteiger partial charge in [-0.25, -0.2) is 4.98 Å². The van der Waals surface area contributed by atoms with Gasteiger partial charge in [-0.15, -0.1) is 0 Å².